The fourth-order valence-electron chi connectivity index (χ4n) is 3.03. The molecule has 0 aliphatic carbocycles. The number of aromatic nitrogens is 1. The standard InChI is InChI=1S/C19H24N2O3/c1-2-24-19(22)8-7-17-15-16-5-3-4-6-18(16)21(17)10-9-20-11-13-23-14-12-20/h3-8,15H,2,9-14H2,1H3/b8-7+. The van der Waals surface area contributed by atoms with Crippen LogP contribution in [-0.4, -0.2) is 54.9 Å². The molecular weight excluding hydrogens is 304 g/mol. The Kier molecular flexibility index (Phi) is 5.67. The lowest BCUT2D eigenvalue weighted by atomic mass is 10.2. The molecule has 2 aromatic rings. The Morgan fingerprint density at radius 3 is 2.83 bits per heavy atom. The summed E-state index contributed by atoms with van der Waals surface area (Å²) in [4.78, 5) is 14.0. The van der Waals surface area contributed by atoms with Gasteiger partial charge < -0.3 is 14.0 Å². The van der Waals surface area contributed by atoms with Gasteiger partial charge in [0.25, 0.3) is 0 Å². The molecule has 5 heteroatoms. The van der Waals surface area contributed by atoms with Gasteiger partial charge in [-0.3, -0.25) is 4.90 Å². The molecule has 0 radical (unpaired) electrons. The molecule has 1 aromatic carbocycles. The maximum atomic E-state index is 11.6. The van der Waals surface area contributed by atoms with Crippen molar-refractivity contribution < 1.29 is 14.3 Å². The summed E-state index contributed by atoms with van der Waals surface area (Å²) in [6, 6.07) is 10.4. The molecule has 1 aliphatic rings. The molecule has 2 heterocycles. The lowest BCUT2D eigenvalue weighted by Crippen LogP contribution is -2.38. The summed E-state index contributed by atoms with van der Waals surface area (Å²) in [5.41, 5.74) is 2.21. The van der Waals surface area contributed by atoms with E-state index in [1.807, 2.05) is 25.1 Å². The Bertz CT molecular complexity index is 714. The van der Waals surface area contributed by atoms with Gasteiger partial charge in [-0.25, -0.2) is 4.79 Å². The minimum Gasteiger partial charge on any atom is -0.463 e. The summed E-state index contributed by atoms with van der Waals surface area (Å²) in [6.07, 6.45) is 3.35. The number of hydrogen-bond acceptors (Lipinski definition) is 4. The molecule has 5 nitrogen and oxygen atoms in total. The van der Waals surface area contributed by atoms with Gasteiger partial charge in [0, 0.05) is 48.9 Å². The normalized spacial score (nSPS) is 16.0. The molecule has 3 rings (SSSR count). The molecule has 0 unspecified atom stereocenters. The van der Waals surface area contributed by atoms with Crippen molar-refractivity contribution in [1.82, 2.24) is 9.47 Å². The highest BCUT2D eigenvalue weighted by Crippen LogP contribution is 2.21. The number of para-hydroxylation sites is 1. The van der Waals surface area contributed by atoms with Gasteiger partial charge in [0.15, 0.2) is 0 Å². The molecular formula is C19H24N2O3. The van der Waals surface area contributed by atoms with Gasteiger partial charge in [0.2, 0.25) is 0 Å². The molecule has 1 fully saturated rings. The SMILES string of the molecule is CCOC(=O)/C=C/c1cc2ccccc2n1CCN1CCOCC1. The molecule has 0 atom stereocenters. The largest absolute Gasteiger partial charge is 0.463 e. The van der Waals surface area contributed by atoms with Crippen molar-refractivity contribution in [3.63, 3.8) is 0 Å². The predicted octanol–water partition coefficient (Wildman–Crippen LogP) is 2.55. The van der Waals surface area contributed by atoms with Crippen molar-refractivity contribution in [3.05, 3.63) is 42.1 Å². The molecule has 1 saturated heterocycles. The second-order valence-electron chi connectivity index (χ2n) is 5.82. The fourth-order valence-corrected chi connectivity index (χ4v) is 3.03. The zero-order chi connectivity index (χ0) is 16.8. The minimum atomic E-state index is -0.303. The molecule has 0 N–H and O–H groups in total. The Labute approximate surface area is 142 Å². The third-order valence-electron chi connectivity index (χ3n) is 4.26. The smallest absolute Gasteiger partial charge is 0.330 e. The number of ether oxygens (including phenoxy) is 2. The number of fused-ring (bicyclic) bond motifs is 1. The van der Waals surface area contributed by atoms with Crippen molar-refractivity contribution in [2.75, 3.05) is 39.5 Å². The van der Waals surface area contributed by atoms with Gasteiger partial charge in [-0.05, 0) is 25.1 Å². The van der Waals surface area contributed by atoms with Gasteiger partial charge in [-0.2, -0.15) is 0 Å². The second kappa shape index (κ2) is 8.13. The number of carbonyl (C=O) groups is 1. The summed E-state index contributed by atoms with van der Waals surface area (Å²) in [5, 5.41) is 1.18. The molecule has 0 saturated carbocycles. The van der Waals surface area contributed by atoms with Crippen molar-refractivity contribution in [2.45, 2.75) is 13.5 Å². The first-order valence-electron chi connectivity index (χ1n) is 8.51. The molecule has 24 heavy (non-hydrogen) atoms. The van der Waals surface area contributed by atoms with E-state index in [2.05, 4.69) is 27.7 Å². The van der Waals surface area contributed by atoms with E-state index in [-0.39, 0.29) is 5.97 Å². The van der Waals surface area contributed by atoms with Crippen LogP contribution in [0.25, 0.3) is 17.0 Å². The van der Waals surface area contributed by atoms with E-state index < -0.39 is 0 Å². The van der Waals surface area contributed by atoms with Gasteiger partial charge in [0.05, 0.1) is 19.8 Å². The van der Waals surface area contributed by atoms with Crippen LogP contribution >= 0.6 is 0 Å². The average molecular weight is 328 g/mol. The molecule has 0 amide bonds. The number of nitrogens with zero attached hydrogens (tertiary/aromatic N) is 2. The summed E-state index contributed by atoms with van der Waals surface area (Å²) >= 11 is 0. The first-order valence-corrected chi connectivity index (χ1v) is 8.51. The Hall–Kier alpha value is -2.11. The Morgan fingerprint density at radius 1 is 1.25 bits per heavy atom. The van der Waals surface area contributed by atoms with E-state index in [0.29, 0.717) is 6.61 Å². The van der Waals surface area contributed by atoms with Crippen molar-refractivity contribution >= 4 is 22.9 Å². The van der Waals surface area contributed by atoms with Crippen LogP contribution in [0.2, 0.25) is 0 Å². The monoisotopic (exact) mass is 328 g/mol. The van der Waals surface area contributed by atoms with E-state index in [1.165, 1.54) is 17.0 Å². The highest BCUT2D eigenvalue weighted by molar-refractivity contribution is 5.89. The first-order chi connectivity index (χ1) is 11.8. The quantitative estimate of drug-likeness (QED) is 0.604. The number of carbonyl (C=O) groups excluding carboxylic acids is 1. The predicted molar refractivity (Wildman–Crippen MR) is 94.9 cm³/mol. The third-order valence-corrected chi connectivity index (χ3v) is 4.26. The summed E-state index contributed by atoms with van der Waals surface area (Å²) in [7, 11) is 0. The highest BCUT2D eigenvalue weighted by Gasteiger charge is 2.12. The summed E-state index contributed by atoms with van der Waals surface area (Å²) in [5.74, 6) is -0.303. The van der Waals surface area contributed by atoms with E-state index in [9.17, 15) is 4.79 Å². The van der Waals surface area contributed by atoms with Crippen LogP contribution in [0.3, 0.4) is 0 Å². The van der Waals surface area contributed by atoms with Gasteiger partial charge >= 0.3 is 5.97 Å². The highest BCUT2D eigenvalue weighted by atomic mass is 16.5. The van der Waals surface area contributed by atoms with Gasteiger partial charge in [-0.1, -0.05) is 18.2 Å². The molecule has 1 aromatic heterocycles. The van der Waals surface area contributed by atoms with E-state index in [0.717, 1.165) is 45.1 Å². The Morgan fingerprint density at radius 2 is 2.04 bits per heavy atom. The molecule has 128 valence electrons. The minimum absolute atomic E-state index is 0.303. The Balaban J connectivity index is 1.80. The zero-order valence-electron chi connectivity index (χ0n) is 14.1. The third kappa shape index (κ3) is 4.04. The van der Waals surface area contributed by atoms with Gasteiger partial charge in [-0.15, -0.1) is 0 Å². The molecule has 0 bridgehead atoms. The van der Waals surface area contributed by atoms with E-state index in [4.69, 9.17) is 9.47 Å². The van der Waals surface area contributed by atoms with Crippen LogP contribution in [0.1, 0.15) is 12.6 Å². The van der Waals surface area contributed by atoms with Crippen LogP contribution in [0.5, 0.6) is 0 Å². The topological polar surface area (TPSA) is 43.7 Å². The average Bonchev–Trinajstić information content (AvgIpc) is 2.97. The number of benzene rings is 1. The van der Waals surface area contributed by atoms with Crippen LogP contribution < -0.4 is 0 Å². The van der Waals surface area contributed by atoms with E-state index in [1.54, 1.807) is 0 Å². The maximum absolute atomic E-state index is 11.6. The maximum Gasteiger partial charge on any atom is 0.330 e. The lowest BCUT2D eigenvalue weighted by molar-refractivity contribution is -0.137. The first kappa shape index (κ1) is 16.7. The number of morpholine rings is 1. The van der Waals surface area contributed by atoms with Crippen LogP contribution in [0.15, 0.2) is 36.4 Å². The second-order valence-corrected chi connectivity index (χ2v) is 5.82. The number of hydrogen-bond donors (Lipinski definition) is 0. The summed E-state index contributed by atoms with van der Waals surface area (Å²) < 4.78 is 12.6. The summed E-state index contributed by atoms with van der Waals surface area (Å²) in [6.45, 7) is 7.64. The molecule has 0 spiro atoms. The van der Waals surface area contributed by atoms with Crippen LogP contribution in [0, 0.1) is 0 Å². The van der Waals surface area contributed by atoms with Gasteiger partial charge in [0.1, 0.15) is 0 Å². The van der Waals surface area contributed by atoms with Crippen molar-refractivity contribution in [3.8, 4) is 0 Å². The number of rotatable bonds is 6. The lowest BCUT2D eigenvalue weighted by Gasteiger charge is -2.27. The van der Waals surface area contributed by atoms with E-state index >= 15 is 0 Å². The fraction of sp³-hybridized carbons (Fsp3) is 0.421. The van der Waals surface area contributed by atoms with Crippen molar-refractivity contribution in [1.29, 1.82) is 0 Å². The van der Waals surface area contributed by atoms with Crippen LogP contribution in [-0.2, 0) is 20.8 Å². The number of esters is 1. The van der Waals surface area contributed by atoms with Crippen molar-refractivity contribution in [2.24, 2.45) is 0 Å². The molecule has 1 aliphatic heterocycles. The van der Waals surface area contributed by atoms with Crippen LogP contribution in [0.4, 0.5) is 0 Å². The zero-order valence-corrected chi connectivity index (χ0v) is 14.1.